The third kappa shape index (κ3) is 4.04. The van der Waals surface area contributed by atoms with Crippen molar-refractivity contribution in [2.45, 2.75) is 0 Å². The minimum Gasteiger partial charge on any atom is -0.484 e. The summed E-state index contributed by atoms with van der Waals surface area (Å²) >= 11 is 0. The van der Waals surface area contributed by atoms with Crippen molar-refractivity contribution in [1.82, 2.24) is 9.55 Å². The highest BCUT2D eigenvalue weighted by atomic mass is 19.1. The molecule has 0 atom stereocenters. The monoisotopic (exact) mass is 354 g/mol. The van der Waals surface area contributed by atoms with Crippen LogP contribution in [-0.4, -0.2) is 28.0 Å². The fraction of sp³-hybridized carbons (Fsp3) is 0.0556. The number of carbonyl (C=O) groups is 2. The van der Waals surface area contributed by atoms with E-state index in [9.17, 15) is 14.0 Å². The number of carbonyl (C=O) groups excluding carboxylic acids is 2. The summed E-state index contributed by atoms with van der Waals surface area (Å²) in [7, 11) is 0. The number of nitrogens with two attached hydrogens (primary N) is 1. The molecule has 0 radical (unpaired) electrons. The molecule has 3 N–H and O–H groups in total. The number of amides is 2. The second-order valence-electron chi connectivity index (χ2n) is 5.36. The summed E-state index contributed by atoms with van der Waals surface area (Å²) in [6.07, 6.45) is 2.88. The number of ether oxygens (including phenoxy) is 1. The van der Waals surface area contributed by atoms with Gasteiger partial charge in [0, 0.05) is 17.4 Å². The van der Waals surface area contributed by atoms with Gasteiger partial charge in [-0.05, 0) is 36.4 Å². The Bertz CT molecular complexity index is 938. The van der Waals surface area contributed by atoms with Crippen LogP contribution in [0, 0.1) is 5.82 Å². The predicted molar refractivity (Wildman–Crippen MR) is 92.6 cm³/mol. The van der Waals surface area contributed by atoms with E-state index in [0.29, 0.717) is 17.1 Å². The number of rotatable bonds is 6. The van der Waals surface area contributed by atoms with Crippen LogP contribution in [0.5, 0.6) is 5.75 Å². The average Bonchev–Trinajstić information content (AvgIpc) is 3.11. The van der Waals surface area contributed by atoms with E-state index in [1.165, 1.54) is 24.7 Å². The largest absolute Gasteiger partial charge is 0.484 e. The molecule has 3 aromatic rings. The van der Waals surface area contributed by atoms with Gasteiger partial charge >= 0.3 is 0 Å². The van der Waals surface area contributed by atoms with Crippen molar-refractivity contribution in [2.75, 3.05) is 11.9 Å². The summed E-state index contributed by atoms with van der Waals surface area (Å²) in [6, 6.07) is 12.3. The van der Waals surface area contributed by atoms with Gasteiger partial charge in [0.05, 0.1) is 12.5 Å². The highest BCUT2D eigenvalue weighted by Crippen LogP contribution is 2.19. The van der Waals surface area contributed by atoms with Crippen LogP contribution < -0.4 is 15.8 Å². The Morgan fingerprint density at radius 1 is 1.19 bits per heavy atom. The number of primary amides is 1. The van der Waals surface area contributed by atoms with Crippen LogP contribution in [0.2, 0.25) is 0 Å². The van der Waals surface area contributed by atoms with E-state index in [1.807, 2.05) is 0 Å². The van der Waals surface area contributed by atoms with E-state index in [-0.39, 0.29) is 18.1 Å². The molecule has 0 saturated carbocycles. The maximum atomic E-state index is 13.1. The molecule has 0 spiro atoms. The lowest BCUT2D eigenvalue weighted by Gasteiger charge is -2.10. The molecule has 26 heavy (non-hydrogen) atoms. The van der Waals surface area contributed by atoms with Crippen molar-refractivity contribution in [3.8, 4) is 11.4 Å². The molecule has 2 aromatic carbocycles. The van der Waals surface area contributed by atoms with Gasteiger partial charge in [-0.15, -0.1) is 0 Å². The Balaban J connectivity index is 1.77. The van der Waals surface area contributed by atoms with E-state index < -0.39 is 11.8 Å². The molecule has 0 aliphatic heterocycles. The molecule has 0 fully saturated rings. The molecule has 0 aliphatic carbocycles. The lowest BCUT2D eigenvalue weighted by atomic mass is 10.2. The number of aromatic nitrogens is 2. The summed E-state index contributed by atoms with van der Waals surface area (Å²) in [4.78, 5) is 27.3. The van der Waals surface area contributed by atoms with Gasteiger partial charge in [0.1, 0.15) is 17.3 Å². The van der Waals surface area contributed by atoms with E-state index in [4.69, 9.17) is 10.5 Å². The Morgan fingerprint density at radius 3 is 2.69 bits per heavy atom. The second kappa shape index (κ2) is 7.47. The molecule has 8 heteroatoms. The molecule has 1 aromatic heterocycles. The van der Waals surface area contributed by atoms with Gasteiger partial charge < -0.3 is 15.8 Å². The Kier molecular flexibility index (Phi) is 4.93. The lowest BCUT2D eigenvalue weighted by molar-refractivity contribution is -0.119. The molecule has 0 bridgehead atoms. The van der Waals surface area contributed by atoms with Crippen molar-refractivity contribution in [1.29, 1.82) is 0 Å². The third-order valence-corrected chi connectivity index (χ3v) is 3.45. The van der Waals surface area contributed by atoms with Crippen LogP contribution in [0.15, 0.2) is 61.1 Å². The normalized spacial score (nSPS) is 10.3. The predicted octanol–water partition coefficient (Wildman–Crippen LogP) is 2.13. The summed E-state index contributed by atoms with van der Waals surface area (Å²) in [5.74, 6) is -0.970. The lowest BCUT2D eigenvalue weighted by Crippen LogP contribution is -2.20. The number of anilines is 1. The molecule has 132 valence electrons. The van der Waals surface area contributed by atoms with Crippen LogP contribution >= 0.6 is 0 Å². The molecule has 7 nitrogen and oxygen atoms in total. The summed E-state index contributed by atoms with van der Waals surface area (Å²) in [5.41, 5.74) is 6.40. The summed E-state index contributed by atoms with van der Waals surface area (Å²) < 4.78 is 19.8. The smallest absolute Gasteiger partial charge is 0.274 e. The van der Waals surface area contributed by atoms with Crippen molar-refractivity contribution in [3.05, 3.63) is 72.6 Å². The first-order valence-electron chi connectivity index (χ1n) is 7.64. The first-order valence-corrected chi connectivity index (χ1v) is 7.64. The Labute approximate surface area is 148 Å². The highest BCUT2D eigenvalue weighted by Gasteiger charge is 2.14. The number of benzene rings is 2. The van der Waals surface area contributed by atoms with Gasteiger partial charge in [-0.3, -0.25) is 14.2 Å². The van der Waals surface area contributed by atoms with E-state index >= 15 is 0 Å². The average molecular weight is 354 g/mol. The maximum absolute atomic E-state index is 13.1. The van der Waals surface area contributed by atoms with Gasteiger partial charge in [0.15, 0.2) is 6.61 Å². The number of nitrogens with one attached hydrogen (secondary N) is 1. The van der Waals surface area contributed by atoms with Gasteiger partial charge in [0.25, 0.3) is 11.8 Å². The van der Waals surface area contributed by atoms with E-state index in [1.54, 1.807) is 41.0 Å². The standard InChI is InChI=1S/C18H15FN4O3/c19-12-4-6-14(7-5-12)23-11-21-9-16(23)18(25)22-13-2-1-3-15(8-13)26-10-17(20)24/h1-9,11H,10H2,(H2,20,24)(H,22,25). The molecule has 0 saturated heterocycles. The Morgan fingerprint density at radius 2 is 1.96 bits per heavy atom. The molecular formula is C18H15FN4O3. The number of nitrogens with zero attached hydrogens (tertiary/aromatic N) is 2. The number of imidazole rings is 1. The van der Waals surface area contributed by atoms with Crippen LogP contribution in [-0.2, 0) is 4.79 Å². The van der Waals surface area contributed by atoms with Crippen molar-refractivity contribution < 1.29 is 18.7 Å². The van der Waals surface area contributed by atoms with Gasteiger partial charge in [0.2, 0.25) is 0 Å². The van der Waals surface area contributed by atoms with Crippen LogP contribution in [0.1, 0.15) is 10.5 Å². The van der Waals surface area contributed by atoms with Crippen LogP contribution in [0.25, 0.3) is 5.69 Å². The number of halogens is 1. The fourth-order valence-electron chi connectivity index (χ4n) is 2.28. The zero-order valence-electron chi connectivity index (χ0n) is 13.6. The van der Waals surface area contributed by atoms with Crippen molar-refractivity contribution >= 4 is 17.5 Å². The van der Waals surface area contributed by atoms with Gasteiger partial charge in [-0.2, -0.15) is 0 Å². The fourth-order valence-corrected chi connectivity index (χ4v) is 2.28. The van der Waals surface area contributed by atoms with Crippen molar-refractivity contribution in [2.24, 2.45) is 5.73 Å². The van der Waals surface area contributed by atoms with Crippen molar-refractivity contribution in [3.63, 3.8) is 0 Å². The quantitative estimate of drug-likeness (QED) is 0.708. The molecule has 3 rings (SSSR count). The number of hydrogen-bond donors (Lipinski definition) is 2. The van der Waals surface area contributed by atoms with Gasteiger partial charge in [-0.25, -0.2) is 9.37 Å². The second-order valence-corrected chi connectivity index (χ2v) is 5.36. The SMILES string of the molecule is NC(=O)COc1cccc(NC(=O)c2cncn2-c2ccc(F)cc2)c1. The Hall–Kier alpha value is -3.68. The first kappa shape index (κ1) is 17.2. The molecule has 2 amide bonds. The summed E-state index contributed by atoms with van der Waals surface area (Å²) in [6.45, 7) is -0.255. The zero-order valence-corrected chi connectivity index (χ0v) is 13.6. The molecule has 0 unspecified atom stereocenters. The van der Waals surface area contributed by atoms with E-state index in [0.717, 1.165) is 0 Å². The van der Waals surface area contributed by atoms with Gasteiger partial charge in [-0.1, -0.05) is 6.07 Å². The topological polar surface area (TPSA) is 99.2 Å². The number of hydrogen-bond acceptors (Lipinski definition) is 4. The molecule has 0 aliphatic rings. The van der Waals surface area contributed by atoms with Crippen LogP contribution in [0.3, 0.4) is 0 Å². The minimum absolute atomic E-state index is 0.255. The highest BCUT2D eigenvalue weighted by molar-refractivity contribution is 6.03. The van der Waals surface area contributed by atoms with E-state index in [2.05, 4.69) is 10.3 Å². The molecular weight excluding hydrogens is 339 g/mol. The third-order valence-electron chi connectivity index (χ3n) is 3.45. The van der Waals surface area contributed by atoms with Crippen LogP contribution in [0.4, 0.5) is 10.1 Å². The zero-order chi connectivity index (χ0) is 18.5. The maximum Gasteiger partial charge on any atom is 0.274 e. The first-order chi connectivity index (χ1) is 12.5. The summed E-state index contributed by atoms with van der Waals surface area (Å²) in [5, 5.41) is 2.72. The minimum atomic E-state index is -0.595. The molecule has 1 heterocycles.